The van der Waals surface area contributed by atoms with Crippen LogP contribution in [0.1, 0.15) is 30.1 Å². The number of amides is 1. The van der Waals surface area contributed by atoms with Crippen molar-refractivity contribution in [1.29, 1.82) is 0 Å². The van der Waals surface area contributed by atoms with E-state index in [-0.39, 0.29) is 5.91 Å². The topological polar surface area (TPSA) is 45.2 Å². The molecule has 2 heterocycles. The molecule has 0 bridgehead atoms. The van der Waals surface area contributed by atoms with Crippen LogP contribution in [0.25, 0.3) is 0 Å². The van der Waals surface area contributed by atoms with Crippen molar-refractivity contribution in [3.63, 3.8) is 0 Å². The molecule has 0 spiro atoms. The van der Waals surface area contributed by atoms with E-state index in [0.717, 1.165) is 24.0 Å². The number of rotatable bonds is 2. The van der Waals surface area contributed by atoms with Gasteiger partial charge in [-0.15, -0.1) is 0 Å². The van der Waals surface area contributed by atoms with E-state index < -0.39 is 0 Å². The smallest absolute Gasteiger partial charge is 0.257 e. The molecule has 1 fully saturated rings. The molecule has 1 aromatic rings. The van der Waals surface area contributed by atoms with Crippen molar-refractivity contribution >= 4 is 27.7 Å². The van der Waals surface area contributed by atoms with E-state index in [1.54, 1.807) is 13.2 Å². The Morgan fingerprint density at radius 3 is 3.06 bits per heavy atom. The van der Waals surface area contributed by atoms with Gasteiger partial charge in [-0.05, 0) is 40.8 Å². The normalized spacial score (nSPS) is 19.7. The first-order valence-corrected chi connectivity index (χ1v) is 7.03. The lowest BCUT2D eigenvalue weighted by Crippen LogP contribution is -2.39. The Hall–Kier alpha value is -1.10. The average Bonchev–Trinajstić information content (AvgIpc) is 2.38. The number of anilines is 1. The van der Waals surface area contributed by atoms with Crippen molar-refractivity contribution < 1.29 is 4.79 Å². The molecule has 2 rings (SSSR count). The van der Waals surface area contributed by atoms with Crippen LogP contribution < -0.4 is 5.32 Å². The van der Waals surface area contributed by atoms with Gasteiger partial charge in [0.25, 0.3) is 5.91 Å². The summed E-state index contributed by atoms with van der Waals surface area (Å²) in [5.74, 6) is 1.29. The van der Waals surface area contributed by atoms with E-state index in [0.29, 0.717) is 17.3 Å². The van der Waals surface area contributed by atoms with Crippen LogP contribution in [0.2, 0.25) is 0 Å². The van der Waals surface area contributed by atoms with E-state index in [2.05, 4.69) is 33.2 Å². The summed E-state index contributed by atoms with van der Waals surface area (Å²) in [5, 5.41) is 2.97. The molecule has 5 heteroatoms. The predicted octanol–water partition coefficient (Wildman–Crippen LogP) is 2.76. The first-order valence-electron chi connectivity index (χ1n) is 6.24. The summed E-state index contributed by atoms with van der Waals surface area (Å²) in [5.41, 5.74) is 0.640. The van der Waals surface area contributed by atoms with Crippen LogP contribution >= 0.6 is 15.9 Å². The Bertz CT molecular complexity index is 450. The Morgan fingerprint density at radius 1 is 1.61 bits per heavy atom. The summed E-state index contributed by atoms with van der Waals surface area (Å²) in [6.07, 6.45) is 3.99. The Labute approximate surface area is 116 Å². The molecule has 1 unspecified atom stereocenters. The number of likely N-dealkylation sites (tertiary alicyclic amines) is 1. The molecular weight excluding hydrogens is 294 g/mol. The number of carbonyl (C=O) groups excluding carboxylic acids is 1. The number of nitrogens with zero attached hydrogens (tertiary/aromatic N) is 2. The van der Waals surface area contributed by atoms with Crippen molar-refractivity contribution in [2.45, 2.75) is 19.8 Å². The second-order valence-electron chi connectivity index (χ2n) is 4.80. The number of nitrogens with one attached hydrogen (secondary N) is 1. The summed E-state index contributed by atoms with van der Waals surface area (Å²) in [7, 11) is 1.78. The van der Waals surface area contributed by atoms with Crippen LogP contribution in [0.3, 0.4) is 0 Å². The first kappa shape index (κ1) is 13.3. The number of hydrogen-bond acceptors (Lipinski definition) is 3. The molecule has 18 heavy (non-hydrogen) atoms. The minimum Gasteiger partial charge on any atom is -0.372 e. The van der Waals surface area contributed by atoms with Crippen LogP contribution in [0.5, 0.6) is 0 Å². The largest absolute Gasteiger partial charge is 0.372 e. The number of pyridine rings is 1. The Kier molecular flexibility index (Phi) is 4.22. The zero-order valence-corrected chi connectivity index (χ0v) is 12.3. The second kappa shape index (κ2) is 5.69. The standard InChI is InChI=1S/C13H18BrN3O/c1-9-4-3-5-17(8-9)13(18)11-6-10(14)7-16-12(11)15-2/h6-7,9H,3-5,8H2,1-2H3,(H,15,16). The average molecular weight is 312 g/mol. The van der Waals surface area contributed by atoms with Crippen LogP contribution in [0.15, 0.2) is 16.7 Å². The summed E-state index contributed by atoms with van der Waals surface area (Å²) in [6.45, 7) is 3.88. The van der Waals surface area contributed by atoms with Gasteiger partial charge in [-0.2, -0.15) is 0 Å². The molecule has 1 amide bonds. The fraction of sp³-hybridized carbons (Fsp3) is 0.538. The quantitative estimate of drug-likeness (QED) is 0.913. The monoisotopic (exact) mass is 311 g/mol. The van der Waals surface area contributed by atoms with E-state index in [9.17, 15) is 4.79 Å². The van der Waals surface area contributed by atoms with E-state index in [4.69, 9.17) is 0 Å². The van der Waals surface area contributed by atoms with Gasteiger partial charge >= 0.3 is 0 Å². The third-order valence-electron chi connectivity index (χ3n) is 3.27. The molecule has 0 saturated carbocycles. The Balaban J connectivity index is 2.24. The molecule has 1 atom stereocenters. The lowest BCUT2D eigenvalue weighted by molar-refractivity contribution is 0.0683. The van der Waals surface area contributed by atoms with Crippen molar-refractivity contribution in [1.82, 2.24) is 9.88 Å². The van der Waals surface area contributed by atoms with Gasteiger partial charge in [-0.25, -0.2) is 4.98 Å². The third-order valence-corrected chi connectivity index (χ3v) is 3.70. The summed E-state index contributed by atoms with van der Waals surface area (Å²) in [4.78, 5) is 18.7. The van der Waals surface area contributed by atoms with Crippen LogP contribution in [-0.4, -0.2) is 35.9 Å². The van der Waals surface area contributed by atoms with E-state index in [1.807, 2.05) is 11.0 Å². The van der Waals surface area contributed by atoms with Gasteiger partial charge in [0.2, 0.25) is 0 Å². The molecular formula is C13H18BrN3O. The number of aromatic nitrogens is 1. The number of hydrogen-bond donors (Lipinski definition) is 1. The second-order valence-corrected chi connectivity index (χ2v) is 5.71. The van der Waals surface area contributed by atoms with Crippen molar-refractivity contribution in [3.8, 4) is 0 Å². The lowest BCUT2D eigenvalue weighted by Gasteiger charge is -2.31. The molecule has 1 aliphatic heterocycles. The fourth-order valence-electron chi connectivity index (χ4n) is 2.35. The third kappa shape index (κ3) is 2.83. The highest BCUT2D eigenvalue weighted by atomic mass is 79.9. The molecule has 1 aromatic heterocycles. The molecule has 1 aliphatic rings. The van der Waals surface area contributed by atoms with E-state index in [1.165, 1.54) is 6.42 Å². The van der Waals surface area contributed by atoms with Gasteiger partial charge in [-0.1, -0.05) is 6.92 Å². The summed E-state index contributed by atoms with van der Waals surface area (Å²) < 4.78 is 0.829. The molecule has 1 N–H and O–H groups in total. The van der Waals surface area contributed by atoms with Crippen LogP contribution in [0, 0.1) is 5.92 Å². The highest BCUT2D eigenvalue weighted by molar-refractivity contribution is 9.10. The number of piperidine rings is 1. The van der Waals surface area contributed by atoms with Gasteiger partial charge in [-0.3, -0.25) is 4.79 Å². The van der Waals surface area contributed by atoms with Gasteiger partial charge in [0, 0.05) is 30.8 Å². The van der Waals surface area contributed by atoms with Gasteiger partial charge < -0.3 is 10.2 Å². The molecule has 98 valence electrons. The van der Waals surface area contributed by atoms with Crippen molar-refractivity contribution in [2.24, 2.45) is 5.92 Å². The fourth-order valence-corrected chi connectivity index (χ4v) is 2.68. The molecule has 1 saturated heterocycles. The maximum Gasteiger partial charge on any atom is 0.257 e. The van der Waals surface area contributed by atoms with Gasteiger partial charge in [0.15, 0.2) is 0 Å². The molecule has 0 aliphatic carbocycles. The molecule has 4 nitrogen and oxygen atoms in total. The zero-order valence-electron chi connectivity index (χ0n) is 10.7. The molecule has 0 aromatic carbocycles. The zero-order chi connectivity index (χ0) is 13.1. The van der Waals surface area contributed by atoms with Crippen molar-refractivity contribution in [2.75, 3.05) is 25.5 Å². The SMILES string of the molecule is CNc1ncc(Br)cc1C(=O)N1CCCC(C)C1. The van der Waals surface area contributed by atoms with Gasteiger partial charge in [0.05, 0.1) is 5.56 Å². The minimum atomic E-state index is 0.0692. The maximum absolute atomic E-state index is 12.5. The lowest BCUT2D eigenvalue weighted by atomic mass is 9.99. The highest BCUT2D eigenvalue weighted by Crippen LogP contribution is 2.23. The number of carbonyl (C=O) groups is 1. The number of halogens is 1. The summed E-state index contributed by atoms with van der Waals surface area (Å²) in [6, 6.07) is 1.83. The molecule has 0 radical (unpaired) electrons. The summed E-state index contributed by atoms with van der Waals surface area (Å²) >= 11 is 3.37. The minimum absolute atomic E-state index is 0.0692. The van der Waals surface area contributed by atoms with E-state index >= 15 is 0 Å². The van der Waals surface area contributed by atoms with Crippen molar-refractivity contribution in [3.05, 3.63) is 22.3 Å². The van der Waals surface area contributed by atoms with Gasteiger partial charge in [0.1, 0.15) is 5.82 Å². The highest BCUT2D eigenvalue weighted by Gasteiger charge is 2.24. The van der Waals surface area contributed by atoms with Crippen LogP contribution in [0.4, 0.5) is 5.82 Å². The maximum atomic E-state index is 12.5. The van der Waals surface area contributed by atoms with Crippen LogP contribution in [-0.2, 0) is 0 Å². The predicted molar refractivity (Wildman–Crippen MR) is 75.8 cm³/mol. The Morgan fingerprint density at radius 2 is 2.39 bits per heavy atom. The first-order chi connectivity index (χ1) is 8.61.